The number of hydrogen-bond acceptors (Lipinski definition) is 3. The maximum absolute atomic E-state index is 12.1. The standard InChI is InChI=1S/C12H16Br2O3S/c1-3-12(14,18(16,17)4-2)11(15)9-5-7-10(13)8-6-9/h5-8,11,15H,3-4H2,1-2H3/t11-,12-/m1/s1. The Morgan fingerprint density at radius 3 is 2.17 bits per heavy atom. The minimum atomic E-state index is -3.41. The zero-order valence-corrected chi connectivity index (χ0v) is 14.2. The smallest absolute Gasteiger partial charge is 0.168 e. The van der Waals surface area contributed by atoms with E-state index >= 15 is 0 Å². The number of aliphatic hydroxyl groups excluding tert-OH is 1. The van der Waals surface area contributed by atoms with Gasteiger partial charge in [0.15, 0.2) is 13.5 Å². The Bertz CT molecular complexity index is 499. The summed E-state index contributed by atoms with van der Waals surface area (Å²) >= 11 is 6.54. The molecule has 0 aliphatic carbocycles. The van der Waals surface area contributed by atoms with Gasteiger partial charge in [0.1, 0.15) is 6.10 Å². The van der Waals surface area contributed by atoms with Crippen molar-refractivity contribution in [2.24, 2.45) is 0 Å². The number of rotatable bonds is 5. The van der Waals surface area contributed by atoms with E-state index in [0.717, 1.165) is 4.47 Å². The van der Waals surface area contributed by atoms with Crippen LogP contribution in [0.15, 0.2) is 28.7 Å². The van der Waals surface area contributed by atoms with Gasteiger partial charge in [-0.05, 0) is 24.1 Å². The third-order valence-electron chi connectivity index (χ3n) is 2.97. The summed E-state index contributed by atoms with van der Waals surface area (Å²) < 4.78 is 23.8. The van der Waals surface area contributed by atoms with Gasteiger partial charge < -0.3 is 5.11 Å². The van der Waals surface area contributed by atoms with Crippen molar-refractivity contribution in [2.45, 2.75) is 30.0 Å². The second-order valence-electron chi connectivity index (χ2n) is 4.00. The van der Waals surface area contributed by atoms with Gasteiger partial charge in [0.25, 0.3) is 0 Å². The lowest BCUT2D eigenvalue weighted by molar-refractivity contribution is 0.160. The van der Waals surface area contributed by atoms with Crippen LogP contribution in [0, 0.1) is 0 Å². The predicted molar refractivity (Wildman–Crippen MR) is 80.5 cm³/mol. The van der Waals surface area contributed by atoms with Crippen LogP contribution in [0.4, 0.5) is 0 Å². The fraction of sp³-hybridized carbons (Fsp3) is 0.500. The van der Waals surface area contributed by atoms with E-state index in [9.17, 15) is 13.5 Å². The minimum Gasteiger partial charge on any atom is -0.386 e. The van der Waals surface area contributed by atoms with Gasteiger partial charge >= 0.3 is 0 Å². The highest BCUT2D eigenvalue weighted by molar-refractivity contribution is 9.11. The number of alkyl halides is 1. The molecule has 102 valence electrons. The molecule has 2 atom stereocenters. The molecule has 18 heavy (non-hydrogen) atoms. The Morgan fingerprint density at radius 1 is 1.28 bits per heavy atom. The lowest BCUT2D eigenvalue weighted by Gasteiger charge is -2.31. The number of sulfone groups is 1. The van der Waals surface area contributed by atoms with Gasteiger partial charge in [-0.25, -0.2) is 8.42 Å². The Labute approximate surface area is 125 Å². The molecule has 0 aliphatic rings. The Kier molecular flexibility index (Phi) is 5.41. The van der Waals surface area contributed by atoms with Gasteiger partial charge in [-0.1, -0.05) is 57.8 Å². The molecule has 0 heterocycles. The van der Waals surface area contributed by atoms with Crippen molar-refractivity contribution in [3.63, 3.8) is 0 Å². The van der Waals surface area contributed by atoms with Crippen LogP contribution in [0.2, 0.25) is 0 Å². The summed E-state index contributed by atoms with van der Waals surface area (Å²) in [6.07, 6.45) is -0.805. The summed E-state index contributed by atoms with van der Waals surface area (Å²) in [5.74, 6) is -0.0142. The highest BCUT2D eigenvalue weighted by Crippen LogP contribution is 2.42. The van der Waals surface area contributed by atoms with Crippen molar-refractivity contribution in [2.75, 3.05) is 5.75 Å². The van der Waals surface area contributed by atoms with Crippen LogP contribution in [0.25, 0.3) is 0 Å². The Hall–Kier alpha value is 0.0900. The summed E-state index contributed by atoms with van der Waals surface area (Å²) in [7, 11) is -3.41. The SMILES string of the molecule is CC[C@](Br)([C@H](O)c1ccc(Br)cc1)S(=O)(=O)CC. The summed E-state index contributed by atoms with van der Waals surface area (Å²) in [6, 6.07) is 6.98. The molecule has 0 amide bonds. The van der Waals surface area contributed by atoms with Crippen LogP contribution in [-0.4, -0.2) is 22.9 Å². The van der Waals surface area contributed by atoms with Gasteiger partial charge in [0.2, 0.25) is 0 Å². The van der Waals surface area contributed by atoms with E-state index in [1.54, 1.807) is 38.1 Å². The molecule has 0 radical (unpaired) electrons. The number of halogens is 2. The normalized spacial score (nSPS) is 17.2. The van der Waals surface area contributed by atoms with Gasteiger partial charge in [-0.2, -0.15) is 0 Å². The average Bonchev–Trinajstić information content (AvgIpc) is 2.37. The number of aliphatic hydroxyl groups is 1. The first-order valence-corrected chi connectivity index (χ1v) is 8.87. The maximum atomic E-state index is 12.1. The second-order valence-corrected chi connectivity index (χ2v) is 9.39. The summed E-state index contributed by atoms with van der Waals surface area (Å²) in [5.41, 5.74) is 0.578. The maximum Gasteiger partial charge on any atom is 0.168 e. The van der Waals surface area contributed by atoms with Gasteiger partial charge in [0, 0.05) is 10.2 Å². The van der Waals surface area contributed by atoms with E-state index in [1.165, 1.54) is 0 Å². The van der Waals surface area contributed by atoms with Crippen LogP contribution in [0.3, 0.4) is 0 Å². The highest BCUT2D eigenvalue weighted by Gasteiger charge is 2.45. The van der Waals surface area contributed by atoms with Crippen molar-refractivity contribution in [1.29, 1.82) is 0 Å². The summed E-state index contributed by atoms with van der Waals surface area (Å²) in [5, 5.41) is 10.4. The third-order valence-corrected chi connectivity index (χ3v) is 8.28. The topological polar surface area (TPSA) is 54.4 Å². The molecule has 6 heteroatoms. The van der Waals surface area contributed by atoms with Crippen molar-refractivity contribution in [1.82, 2.24) is 0 Å². The summed E-state index contributed by atoms with van der Waals surface area (Å²) in [6.45, 7) is 3.32. The molecule has 1 aromatic rings. The quantitative estimate of drug-likeness (QED) is 0.771. The fourth-order valence-electron chi connectivity index (χ4n) is 1.72. The molecule has 0 bridgehead atoms. The minimum absolute atomic E-state index is 0.0142. The van der Waals surface area contributed by atoms with E-state index in [-0.39, 0.29) is 5.75 Å². The lowest BCUT2D eigenvalue weighted by Crippen LogP contribution is -2.39. The van der Waals surface area contributed by atoms with Gasteiger partial charge in [-0.3, -0.25) is 0 Å². The average molecular weight is 400 g/mol. The number of benzene rings is 1. The third kappa shape index (κ3) is 2.98. The van der Waals surface area contributed by atoms with Gasteiger partial charge in [0.05, 0.1) is 0 Å². The molecule has 1 N–H and O–H groups in total. The van der Waals surface area contributed by atoms with Gasteiger partial charge in [-0.15, -0.1) is 0 Å². The monoisotopic (exact) mass is 398 g/mol. The number of hydrogen-bond donors (Lipinski definition) is 1. The predicted octanol–water partition coefficient (Wildman–Crippen LogP) is 3.42. The van der Waals surface area contributed by atoms with E-state index in [1.807, 2.05) is 0 Å². The Balaban J connectivity index is 3.21. The molecule has 1 rings (SSSR count). The molecule has 0 aliphatic heterocycles. The zero-order valence-electron chi connectivity index (χ0n) is 10.2. The molecule has 0 aromatic heterocycles. The van der Waals surface area contributed by atoms with E-state index in [2.05, 4.69) is 31.9 Å². The van der Waals surface area contributed by atoms with Crippen molar-refractivity contribution < 1.29 is 13.5 Å². The molecule has 0 fully saturated rings. The molecule has 0 unspecified atom stereocenters. The fourth-order valence-corrected chi connectivity index (χ4v) is 4.33. The molecule has 0 saturated carbocycles. The first kappa shape index (κ1) is 16.1. The Morgan fingerprint density at radius 2 is 1.78 bits per heavy atom. The molecular formula is C12H16Br2O3S. The zero-order chi connectivity index (χ0) is 14.0. The first-order chi connectivity index (χ1) is 8.28. The van der Waals surface area contributed by atoms with E-state index in [0.29, 0.717) is 12.0 Å². The molecule has 0 saturated heterocycles. The van der Waals surface area contributed by atoms with Crippen LogP contribution in [0.5, 0.6) is 0 Å². The molecule has 1 aromatic carbocycles. The van der Waals surface area contributed by atoms with Crippen LogP contribution < -0.4 is 0 Å². The van der Waals surface area contributed by atoms with Crippen molar-refractivity contribution >= 4 is 41.7 Å². The largest absolute Gasteiger partial charge is 0.386 e. The van der Waals surface area contributed by atoms with E-state index in [4.69, 9.17) is 0 Å². The molecule has 3 nitrogen and oxygen atoms in total. The van der Waals surface area contributed by atoms with Crippen LogP contribution >= 0.6 is 31.9 Å². The molecule has 0 spiro atoms. The van der Waals surface area contributed by atoms with Crippen LogP contribution in [-0.2, 0) is 9.84 Å². The highest BCUT2D eigenvalue weighted by atomic mass is 79.9. The molecular weight excluding hydrogens is 384 g/mol. The van der Waals surface area contributed by atoms with Crippen molar-refractivity contribution in [3.8, 4) is 0 Å². The van der Waals surface area contributed by atoms with Crippen molar-refractivity contribution in [3.05, 3.63) is 34.3 Å². The summed E-state index contributed by atoms with van der Waals surface area (Å²) in [4.78, 5) is 0. The van der Waals surface area contributed by atoms with E-state index < -0.39 is 19.6 Å². The first-order valence-electron chi connectivity index (χ1n) is 5.63. The lowest BCUT2D eigenvalue weighted by atomic mass is 10.1. The second kappa shape index (κ2) is 6.03. The van der Waals surface area contributed by atoms with Crippen LogP contribution in [0.1, 0.15) is 31.9 Å².